The molecule has 0 spiro atoms. The summed E-state index contributed by atoms with van der Waals surface area (Å²) in [6.45, 7) is 7.08. The van der Waals surface area contributed by atoms with Gasteiger partial charge in [-0.05, 0) is 16.8 Å². The predicted molar refractivity (Wildman–Crippen MR) is 57.7 cm³/mol. The van der Waals surface area contributed by atoms with Crippen molar-refractivity contribution in [2.45, 2.75) is 27.7 Å². The van der Waals surface area contributed by atoms with E-state index in [0.717, 1.165) is 0 Å². The largest absolute Gasteiger partial charge is 0.409 e. The van der Waals surface area contributed by atoms with E-state index >= 15 is 0 Å². The molecule has 1 rings (SSSR count). The number of nitrogens with zero attached hydrogens (tertiary/aromatic N) is 4. The molecule has 1 heterocycles. The van der Waals surface area contributed by atoms with Crippen molar-refractivity contribution < 1.29 is 10.1 Å². The topological polar surface area (TPSA) is 93.5 Å². The maximum Gasteiger partial charge on any atom is 0.384 e. The molecule has 0 saturated carbocycles. The number of oxime groups is 1. The lowest BCUT2D eigenvalue weighted by Gasteiger charge is -2.20. The lowest BCUT2D eigenvalue weighted by molar-refractivity contribution is -0.389. The second-order valence-electron chi connectivity index (χ2n) is 4.45. The summed E-state index contributed by atoms with van der Waals surface area (Å²) in [5.41, 5.74) is -0.0959. The van der Waals surface area contributed by atoms with E-state index in [9.17, 15) is 10.1 Å². The first-order valence-electron chi connectivity index (χ1n) is 4.70. The highest BCUT2D eigenvalue weighted by Crippen LogP contribution is 2.22. The van der Waals surface area contributed by atoms with E-state index in [1.807, 2.05) is 20.8 Å². The van der Waals surface area contributed by atoms with Crippen LogP contribution in [0.15, 0.2) is 11.5 Å². The summed E-state index contributed by atoms with van der Waals surface area (Å²) < 4.78 is 1.41. The average Bonchev–Trinajstić information content (AvgIpc) is 2.47. The van der Waals surface area contributed by atoms with Crippen molar-refractivity contribution in [2.75, 3.05) is 0 Å². The highest BCUT2D eigenvalue weighted by atomic mass is 16.6. The number of imidazole rings is 1. The molecule has 88 valence electrons. The van der Waals surface area contributed by atoms with Crippen LogP contribution in [-0.2, 0) is 0 Å². The molecule has 0 aromatic carbocycles. The fourth-order valence-electron chi connectivity index (χ4n) is 1.35. The van der Waals surface area contributed by atoms with E-state index < -0.39 is 10.3 Å². The molecule has 7 heteroatoms. The van der Waals surface area contributed by atoms with E-state index in [1.54, 1.807) is 6.92 Å². The zero-order chi connectivity index (χ0) is 12.5. The Hall–Kier alpha value is -1.92. The van der Waals surface area contributed by atoms with Crippen molar-refractivity contribution >= 4 is 11.7 Å². The van der Waals surface area contributed by atoms with E-state index in [4.69, 9.17) is 5.21 Å². The van der Waals surface area contributed by atoms with Crippen LogP contribution >= 0.6 is 0 Å². The highest BCUT2D eigenvalue weighted by Gasteiger charge is 2.27. The molecule has 0 saturated heterocycles. The molecule has 0 aliphatic heterocycles. The molecular formula is C9H14N4O3. The van der Waals surface area contributed by atoms with Gasteiger partial charge in [-0.3, -0.25) is 4.57 Å². The lowest BCUT2D eigenvalue weighted by atomic mass is 9.95. The molecule has 1 aromatic heterocycles. The maximum absolute atomic E-state index is 10.6. The minimum Gasteiger partial charge on any atom is -0.409 e. The second kappa shape index (κ2) is 3.92. The molecule has 0 fully saturated rings. The summed E-state index contributed by atoms with van der Waals surface area (Å²) in [7, 11) is 0. The lowest BCUT2D eigenvalue weighted by Crippen LogP contribution is -2.28. The summed E-state index contributed by atoms with van der Waals surface area (Å²) >= 11 is 0. The van der Waals surface area contributed by atoms with Crippen molar-refractivity contribution in [1.29, 1.82) is 0 Å². The van der Waals surface area contributed by atoms with Gasteiger partial charge >= 0.3 is 5.82 Å². The average molecular weight is 226 g/mol. The van der Waals surface area contributed by atoms with Crippen molar-refractivity contribution in [1.82, 2.24) is 9.55 Å². The van der Waals surface area contributed by atoms with Crippen LogP contribution in [0.4, 0.5) is 5.82 Å². The molecule has 0 aliphatic rings. The number of nitro groups is 1. The first kappa shape index (κ1) is 12.2. The van der Waals surface area contributed by atoms with Gasteiger partial charge in [-0.25, -0.2) is 0 Å². The van der Waals surface area contributed by atoms with Crippen LogP contribution in [0.25, 0.3) is 0 Å². The van der Waals surface area contributed by atoms with E-state index in [1.165, 1.54) is 10.9 Å². The Morgan fingerprint density at radius 3 is 2.50 bits per heavy atom. The first-order chi connectivity index (χ1) is 7.29. The molecule has 0 radical (unpaired) electrons. The monoisotopic (exact) mass is 226 g/mol. The molecule has 0 amide bonds. The summed E-state index contributed by atoms with van der Waals surface area (Å²) in [4.78, 5) is 13.7. The number of hydrogen-bond acceptors (Lipinski definition) is 5. The predicted octanol–water partition coefficient (Wildman–Crippen LogP) is 1.78. The second-order valence-corrected chi connectivity index (χ2v) is 4.45. The fraction of sp³-hybridized carbons (Fsp3) is 0.556. The third kappa shape index (κ3) is 2.02. The van der Waals surface area contributed by atoms with Gasteiger partial charge in [-0.1, -0.05) is 25.9 Å². The van der Waals surface area contributed by atoms with Crippen LogP contribution in [-0.4, -0.2) is 25.5 Å². The van der Waals surface area contributed by atoms with Crippen LogP contribution < -0.4 is 0 Å². The van der Waals surface area contributed by atoms with Crippen LogP contribution in [0.3, 0.4) is 0 Å². The Balaban J connectivity index is 3.30. The van der Waals surface area contributed by atoms with E-state index in [0.29, 0.717) is 11.5 Å². The Morgan fingerprint density at radius 2 is 2.19 bits per heavy atom. The van der Waals surface area contributed by atoms with Gasteiger partial charge in [0.25, 0.3) is 0 Å². The quantitative estimate of drug-likeness (QED) is 0.259. The summed E-state index contributed by atoms with van der Waals surface area (Å²) in [5.74, 6) is 0.0796. The maximum atomic E-state index is 10.6. The van der Waals surface area contributed by atoms with Gasteiger partial charge in [-0.15, -0.1) is 0 Å². The summed E-state index contributed by atoms with van der Waals surface area (Å²) in [5, 5.41) is 22.8. The van der Waals surface area contributed by atoms with Gasteiger partial charge in [0.1, 0.15) is 5.69 Å². The number of rotatable bonds is 1. The Morgan fingerprint density at radius 1 is 1.62 bits per heavy atom. The van der Waals surface area contributed by atoms with E-state index in [-0.39, 0.29) is 5.82 Å². The standard InChI is InChI=1S/C9H14N4O3/c1-6-7(13(15)16)10-5-12(6)8(11-14)9(2,3)4/h5,14H,1-4H3. The fourth-order valence-corrected chi connectivity index (χ4v) is 1.35. The minimum absolute atomic E-state index is 0.231. The van der Waals surface area contributed by atoms with Crippen molar-refractivity contribution in [3.8, 4) is 0 Å². The molecule has 0 atom stereocenters. The zero-order valence-electron chi connectivity index (χ0n) is 9.63. The van der Waals surface area contributed by atoms with Gasteiger partial charge in [0.05, 0.1) is 0 Å². The Kier molecular flexibility index (Phi) is 2.97. The van der Waals surface area contributed by atoms with Crippen molar-refractivity contribution in [2.24, 2.45) is 10.6 Å². The third-order valence-corrected chi connectivity index (χ3v) is 2.15. The summed E-state index contributed by atoms with van der Waals surface area (Å²) in [6, 6.07) is 0. The van der Waals surface area contributed by atoms with E-state index in [2.05, 4.69) is 10.1 Å². The van der Waals surface area contributed by atoms with Gasteiger partial charge in [-0.2, -0.15) is 0 Å². The Bertz CT molecular complexity index is 442. The Labute approximate surface area is 92.6 Å². The molecule has 16 heavy (non-hydrogen) atoms. The molecular weight excluding hydrogens is 212 g/mol. The number of aromatic nitrogens is 2. The normalized spacial score (nSPS) is 12.9. The zero-order valence-corrected chi connectivity index (χ0v) is 9.63. The molecule has 1 aromatic rings. The van der Waals surface area contributed by atoms with Crippen LogP contribution in [0, 0.1) is 22.5 Å². The van der Waals surface area contributed by atoms with Crippen molar-refractivity contribution in [3.05, 3.63) is 22.1 Å². The van der Waals surface area contributed by atoms with Crippen LogP contribution in [0.1, 0.15) is 26.5 Å². The SMILES string of the molecule is Cc1c([N+](=O)[O-])ncn1C(=NO)C(C)(C)C. The highest BCUT2D eigenvalue weighted by molar-refractivity contribution is 5.89. The summed E-state index contributed by atoms with van der Waals surface area (Å²) in [6.07, 6.45) is 1.29. The molecule has 1 N–H and O–H groups in total. The van der Waals surface area contributed by atoms with Gasteiger partial charge in [0.15, 0.2) is 5.84 Å². The van der Waals surface area contributed by atoms with Crippen molar-refractivity contribution in [3.63, 3.8) is 0 Å². The van der Waals surface area contributed by atoms with Gasteiger partial charge in [0.2, 0.25) is 6.33 Å². The van der Waals surface area contributed by atoms with Gasteiger partial charge in [0, 0.05) is 5.41 Å². The molecule has 0 bridgehead atoms. The smallest absolute Gasteiger partial charge is 0.384 e. The molecule has 0 unspecified atom stereocenters. The molecule has 7 nitrogen and oxygen atoms in total. The van der Waals surface area contributed by atoms with Gasteiger partial charge < -0.3 is 15.3 Å². The minimum atomic E-state index is -0.566. The first-order valence-corrected chi connectivity index (χ1v) is 4.70. The number of hydrogen-bond donors (Lipinski definition) is 1. The van der Waals surface area contributed by atoms with Crippen LogP contribution in [0.5, 0.6) is 0 Å². The van der Waals surface area contributed by atoms with Crippen LogP contribution in [0.2, 0.25) is 0 Å². The third-order valence-electron chi connectivity index (χ3n) is 2.15. The molecule has 0 aliphatic carbocycles.